The molecule has 0 heterocycles. The molecule has 104 valence electrons. The van der Waals surface area contributed by atoms with Crippen LogP contribution in [0.15, 0.2) is 48.5 Å². The van der Waals surface area contributed by atoms with Crippen LogP contribution in [0.4, 0.5) is 13.2 Å². The summed E-state index contributed by atoms with van der Waals surface area (Å²) in [7, 11) is 0. The Hall–Kier alpha value is -2.28. The fourth-order valence-corrected chi connectivity index (χ4v) is 1.47. The Bertz CT molecular complexity index is 594. The van der Waals surface area contributed by atoms with Crippen molar-refractivity contribution in [3.8, 4) is 6.07 Å². The van der Waals surface area contributed by atoms with Gasteiger partial charge in [-0.2, -0.15) is 5.26 Å². The van der Waals surface area contributed by atoms with Crippen molar-refractivity contribution in [2.24, 2.45) is 0 Å². The van der Waals surface area contributed by atoms with E-state index in [0.717, 1.165) is 12.1 Å². The van der Waals surface area contributed by atoms with E-state index in [9.17, 15) is 13.2 Å². The molecule has 0 saturated heterocycles. The number of hydrogen-bond acceptors (Lipinski definition) is 1. The van der Waals surface area contributed by atoms with Gasteiger partial charge in [0.1, 0.15) is 5.82 Å². The zero-order chi connectivity index (χ0) is 15.2. The predicted molar refractivity (Wildman–Crippen MR) is 71.4 cm³/mol. The molecule has 2 aromatic carbocycles. The van der Waals surface area contributed by atoms with Crippen LogP contribution in [0, 0.1) is 28.8 Å². The van der Waals surface area contributed by atoms with E-state index in [4.69, 9.17) is 5.26 Å². The Balaban J connectivity index is 0.000000217. The molecule has 20 heavy (non-hydrogen) atoms. The van der Waals surface area contributed by atoms with E-state index in [2.05, 4.69) is 6.07 Å². The molecule has 0 N–H and O–H groups in total. The molecule has 0 aromatic heterocycles. The maximum atomic E-state index is 13.1. The molecule has 2 aromatic rings. The fraction of sp³-hybridized carbons (Fsp3) is 0.188. The van der Waals surface area contributed by atoms with E-state index in [1.54, 1.807) is 32.0 Å². The van der Waals surface area contributed by atoms with E-state index in [1.165, 1.54) is 18.2 Å². The summed E-state index contributed by atoms with van der Waals surface area (Å²) in [6.45, 7) is 3.40. The van der Waals surface area contributed by atoms with Gasteiger partial charge in [0.05, 0.1) is 11.5 Å². The molecule has 0 spiro atoms. The van der Waals surface area contributed by atoms with Crippen molar-refractivity contribution in [2.75, 3.05) is 0 Å². The smallest absolute Gasteiger partial charge is 0.158 e. The summed E-state index contributed by atoms with van der Waals surface area (Å²) in [5.74, 6) is -1.91. The van der Waals surface area contributed by atoms with Crippen LogP contribution >= 0.6 is 0 Å². The predicted octanol–water partition coefficient (Wildman–Crippen LogP) is 4.59. The molecular weight excluding hydrogens is 263 g/mol. The molecule has 0 aliphatic rings. The Morgan fingerprint density at radius 1 is 0.800 bits per heavy atom. The molecule has 0 aliphatic carbocycles. The normalized spacial score (nSPS) is 10.2. The highest BCUT2D eigenvalue weighted by molar-refractivity contribution is 5.31. The van der Waals surface area contributed by atoms with Gasteiger partial charge in [0.25, 0.3) is 0 Å². The van der Waals surface area contributed by atoms with Crippen LogP contribution in [0.2, 0.25) is 0 Å². The van der Waals surface area contributed by atoms with Crippen LogP contribution in [0.5, 0.6) is 0 Å². The zero-order valence-corrected chi connectivity index (χ0v) is 11.2. The van der Waals surface area contributed by atoms with Gasteiger partial charge in [0.2, 0.25) is 0 Å². The maximum Gasteiger partial charge on any atom is 0.158 e. The standard InChI is InChI=1S/C10H10FN.C6H4F2/c1-10(2,7-12)8-5-3-4-6-9(8)11;7-5-3-1-2-4-6(5)8/h3-6H,1-2H3;1-4H. The van der Waals surface area contributed by atoms with Crippen molar-refractivity contribution >= 4 is 0 Å². The van der Waals surface area contributed by atoms with Gasteiger partial charge in [-0.3, -0.25) is 0 Å². The lowest BCUT2D eigenvalue weighted by Crippen LogP contribution is -2.15. The molecular formula is C16H14F3N. The van der Waals surface area contributed by atoms with E-state index in [-0.39, 0.29) is 5.82 Å². The topological polar surface area (TPSA) is 23.8 Å². The second-order valence-corrected chi connectivity index (χ2v) is 4.63. The monoisotopic (exact) mass is 277 g/mol. The summed E-state index contributed by atoms with van der Waals surface area (Å²) in [4.78, 5) is 0. The van der Waals surface area contributed by atoms with Crippen molar-refractivity contribution in [3.05, 3.63) is 71.5 Å². The summed E-state index contributed by atoms with van der Waals surface area (Å²) in [6, 6.07) is 13.5. The number of nitriles is 1. The highest BCUT2D eigenvalue weighted by Gasteiger charge is 2.22. The van der Waals surface area contributed by atoms with Crippen molar-refractivity contribution in [1.82, 2.24) is 0 Å². The quantitative estimate of drug-likeness (QED) is 0.747. The summed E-state index contributed by atoms with van der Waals surface area (Å²) >= 11 is 0. The number of hydrogen-bond donors (Lipinski definition) is 0. The molecule has 1 nitrogen and oxygen atoms in total. The van der Waals surface area contributed by atoms with E-state index >= 15 is 0 Å². The lowest BCUT2D eigenvalue weighted by Gasteiger charge is -2.15. The Morgan fingerprint density at radius 2 is 1.20 bits per heavy atom. The van der Waals surface area contributed by atoms with Crippen molar-refractivity contribution in [3.63, 3.8) is 0 Å². The minimum atomic E-state index is -0.799. The van der Waals surface area contributed by atoms with Gasteiger partial charge in [-0.05, 0) is 32.0 Å². The summed E-state index contributed by atoms with van der Waals surface area (Å²) in [6.07, 6.45) is 0. The van der Waals surface area contributed by atoms with Gasteiger partial charge in [-0.25, -0.2) is 13.2 Å². The van der Waals surface area contributed by atoms with Gasteiger partial charge in [-0.15, -0.1) is 0 Å². The fourth-order valence-electron chi connectivity index (χ4n) is 1.47. The second kappa shape index (κ2) is 6.76. The molecule has 0 amide bonds. The molecule has 0 atom stereocenters. The van der Waals surface area contributed by atoms with Gasteiger partial charge in [0.15, 0.2) is 11.6 Å². The minimum absolute atomic E-state index is 0.316. The van der Waals surface area contributed by atoms with Crippen LogP contribution in [-0.4, -0.2) is 0 Å². The average Bonchev–Trinajstić information content (AvgIpc) is 2.43. The third-order valence-electron chi connectivity index (χ3n) is 2.65. The van der Waals surface area contributed by atoms with Gasteiger partial charge in [0, 0.05) is 5.56 Å². The third kappa shape index (κ3) is 4.13. The summed E-state index contributed by atoms with van der Waals surface area (Å²) < 4.78 is 37.0. The molecule has 0 unspecified atom stereocenters. The largest absolute Gasteiger partial charge is 0.207 e. The summed E-state index contributed by atoms with van der Waals surface area (Å²) in [5.41, 5.74) is -0.293. The number of nitrogens with zero attached hydrogens (tertiary/aromatic N) is 1. The van der Waals surface area contributed by atoms with Crippen LogP contribution in [-0.2, 0) is 5.41 Å². The second-order valence-electron chi connectivity index (χ2n) is 4.63. The minimum Gasteiger partial charge on any atom is -0.207 e. The average molecular weight is 277 g/mol. The summed E-state index contributed by atoms with van der Waals surface area (Å²) in [5, 5.41) is 8.76. The lowest BCUT2D eigenvalue weighted by molar-refractivity contribution is 0.508. The first-order valence-electron chi connectivity index (χ1n) is 5.95. The van der Waals surface area contributed by atoms with Crippen LogP contribution in [0.25, 0.3) is 0 Å². The van der Waals surface area contributed by atoms with Crippen LogP contribution in [0.3, 0.4) is 0 Å². The first kappa shape index (κ1) is 15.8. The molecule has 0 fully saturated rings. The maximum absolute atomic E-state index is 13.1. The molecule has 0 aliphatic heterocycles. The van der Waals surface area contributed by atoms with Crippen LogP contribution < -0.4 is 0 Å². The van der Waals surface area contributed by atoms with E-state index < -0.39 is 17.0 Å². The molecule has 0 saturated carbocycles. The molecule has 0 bridgehead atoms. The number of halogens is 3. The molecule has 2 rings (SSSR count). The van der Waals surface area contributed by atoms with Gasteiger partial charge in [-0.1, -0.05) is 30.3 Å². The molecule has 4 heteroatoms. The SMILES string of the molecule is CC(C)(C#N)c1ccccc1F.Fc1ccccc1F. The number of rotatable bonds is 1. The lowest BCUT2D eigenvalue weighted by atomic mass is 9.86. The van der Waals surface area contributed by atoms with E-state index in [0.29, 0.717) is 5.56 Å². The van der Waals surface area contributed by atoms with E-state index in [1.807, 2.05) is 0 Å². The van der Waals surface area contributed by atoms with Crippen LogP contribution in [0.1, 0.15) is 19.4 Å². The Kier molecular flexibility index (Phi) is 5.33. The Labute approximate surface area is 116 Å². The third-order valence-corrected chi connectivity index (χ3v) is 2.65. The highest BCUT2D eigenvalue weighted by atomic mass is 19.2. The highest BCUT2D eigenvalue weighted by Crippen LogP contribution is 2.24. The van der Waals surface area contributed by atoms with Gasteiger partial charge < -0.3 is 0 Å². The zero-order valence-electron chi connectivity index (χ0n) is 11.2. The van der Waals surface area contributed by atoms with Crippen molar-refractivity contribution in [2.45, 2.75) is 19.3 Å². The first-order chi connectivity index (χ1) is 9.38. The van der Waals surface area contributed by atoms with Crippen molar-refractivity contribution in [1.29, 1.82) is 5.26 Å². The first-order valence-corrected chi connectivity index (χ1v) is 5.95. The molecule has 0 radical (unpaired) electrons. The Morgan fingerprint density at radius 3 is 1.55 bits per heavy atom. The van der Waals surface area contributed by atoms with Crippen molar-refractivity contribution < 1.29 is 13.2 Å². The number of benzene rings is 2. The van der Waals surface area contributed by atoms with Gasteiger partial charge >= 0.3 is 0 Å².